The van der Waals surface area contributed by atoms with Crippen LogP contribution in [0.2, 0.25) is 0 Å². The van der Waals surface area contributed by atoms with Crippen LogP contribution >= 0.6 is 34.4 Å². The first-order chi connectivity index (χ1) is 12.6. The van der Waals surface area contributed by atoms with Crippen molar-refractivity contribution >= 4 is 49.8 Å². The molecule has 4 rings (SSSR count). The minimum atomic E-state index is 0.599. The zero-order valence-corrected chi connectivity index (χ0v) is 17.5. The van der Waals surface area contributed by atoms with Crippen molar-refractivity contribution in [2.75, 3.05) is 31.2 Å². The Labute approximate surface area is 165 Å². The van der Waals surface area contributed by atoms with Crippen molar-refractivity contribution in [3.05, 3.63) is 16.8 Å². The predicted octanol–water partition coefficient (Wildman–Crippen LogP) is 4.04. The molecule has 1 saturated heterocycles. The molecule has 0 bridgehead atoms. The molecule has 0 aliphatic carbocycles. The fraction of sp³-hybridized carbons (Fsp3) is 0.529. The van der Waals surface area contributed by atoms with E-state index in [9.17, 15) is 0 Å². The second-order valence-electron chi connectivity index (χ2n) is 6.67. The van der Waals surface area contributed by atoms with E-state index < -0.39 is 0 Å². The summed E-state index contributed by atoms with van der Waals surface area (Å²) in [4.78, 5) is 12.6. The highest BCUT2D eigenvalue weighted by atomic mass is 32.2. The zero-order chi connectivity index (χ0) is 18.1. The van der Waals surface area contributed by atoms with Gasteiger partial charge in [-0.2, -0.15) is 0 Å². The predicted molar refractivity (Wildman–Crippen MR) is 108 cm³/mol. The quantitative estimate of drug-likeness (QED) is 0.592. The Balaban J connectivity index is 1.64. The van der Waals surface area contributed by atoms with Crippen LogP contribution < -0.4 is 4.90 Å². The third-order valence-corrected chi connectivity index (χ3v) is 7.02. The Hall–Kier alpha value is -1.29. The van der Waals surface area contributed by atoms with E-state index in [1.54, 1.807) is 34.4 Å². The van der Waals surface area contributed by atoms with Crippen molar-refractivity contribution in [1.29, 1.82) is 0 Å². The number of thiophene rings is 1. The molecular formula is C17H21N5OS3. The molecule has 0 aromatic carbocycles. The van der Waals surface area contributed by atoms with E-state index >= 15 is 0 Å². The molecule has 138 valence electrons. The maximum atomic E-state index is 5.41. The first-order valence-electron chi connectivity index (χ1n) is 8.69. The number of anilines is 1. The van der Waals surface area contributed by atoms with Crippen molar-refractivity contribution in [2.45, 2.75) is 36.6 Å². The molecule has 1 aliphatic rings. The lowest BCUT2D eigenvalue weighted by Crippen LogP contribution is -2.36. The molecule has 6 nitrogen and oxygen atoms in total. The molecule has 9 heteroatoms. The third-order valence-electron chi connectivity index (χ3n) is 4.08. The number of aryl methyl sites for hydroxylation is 1. The molecule has 0 spiro atoms. The SMILES string of the molecule is Cc1nc(Sc2nnc(N3CCOCC3)s2)c2c(CC(C)C)csc2n1. The maximum absolute atomic E-state index is 5.41. The monoisotopic (exact) mass is 407 g/mol. The van der Waals surface area contributed by atoms with Crippen LogP contribution in [0.3, 0.4) is 0 Å². The fourth-order valence-corrected chi connectivity index (χ4v) is 6.02. The average molecular weight is 408 g/mol. The van der Waals surface area contributed by atoms with Gasteiger partial charge in [0.05, 0.1) is 13.2 Å². The lowest BCUT2D eigenvalue weighted by molar-refractivity contribution is 0.122. The first-order valence-corrected chi connectivity index (χ1v) is 11.2. The van der Waals surface area contributed by atoms with Gasteiger partial charge in [-0.3, -0.25) is 0 Å². The van der Waals surface area contributed by atoms with Gasteiger partial charge in [-0.25, -0.2) is 9.97 Å². The Morgan fingerprint density at radius 3 is 2.81 bits per heavy atom. The number of hydrogen-bond acceptors (Lipinski definition) is 9. The summed E-state index contributed by atoms with van der Waals surface area (Å²) in [7, 11) is 0. The minimum Gasteiger partial charge on any atom is -0.378 e. The van der Waals surface area contributed by atoms with Gasteiger partial charge in [0.1, 0.15) is 15.7 Å². The second-order valence-corrected chi connectivity index (χ2v) is 9.72. The highest BCUT2D eigenvalue weighted by molar-refractivity contribution is 8.01. The van der Waals surface area contributed by atoms with Crippen LogP contribution in [-0.2, 0) is 11.2 Å². The largest absolute Gasteiger partial charge is 0.378 e. The van der Waals surface area contributed by atoms with Gasteiger partial charge in [0.25, 0.3) is 0 Å². The Morgan fingerprint density at radius 2 is 2.04 bits per heavy atom. The summed E-state index contributed by atoms with van der Waals surface area (Å²) >= 11 is 4.93. The number of ether oxygens (including phenoxy) is 1. The van der Waals surface area contributed by atoms with Crippen LogP contribution in [0.4, 0.5) is 5.13 Å². The molecule has 4 heterocycles. The lowest BCUT2D eigenvalue weighted by Gasteiger charge is -2.25. The molecule has 26 heavy (non-hydrogen) atoms. The molecule has 1 fully saturated rings. The van der Waals surface area contributed by atoms with Crippen LogP contribution in [0.15, 0.2) is 14.7 Å². The van der Waals surface area contributed by atoms with Gasteiger partial charge in [0.2, 0.25) is 5.13 Å². The first kappa shape index (κ1) is 18.1. The van der Waals surface area contributed by atoms with Gasteiger partial charge in [-0.15, -0.1) is 21.5 Å². The van der Waals surface area contributed by atoms with E-state index in [1.807, 2.05) is 6.92 Å². The normalized spacial score (nSPS) is 15.3. The van der Waals surface area contributed by atoms with E-state index in [4.69, 9.17) is 9.72 Å². The van der Waals surface area contributed by atoms with E-state index in [1.165, 1.54) is 10.9 Å². The molecule has 0 amide bonds. The van der Waals surface area contributed by atoms with Gasteiger partial charge in [0.15, 0.2) is 4.34 Å². The molecule has 3 aromatic heterocycles. The summed E-state index contributed by atoms with van der Waals surface area (Å²) in [5.41, 5.74) is 1.33. The minimum absolute atomic E-state index is 0.599. The van der Waals surface area contributed by atoms with Gasteiger partial charge in [0, 0.05) is 18.5 Å². The molecule has 0 N–H and O–H groups in total. The number of fused-ring (bicyclic) bond motifs is 1. The Kier molecular flexibility index (Phi) is 5.40. The van der Waals surface area contributed by atoms with Crippen LogP contribution in [0.1, 0.15) is 25.2 Å². The van der Waals surface area contributed by atoms with E-state index in [2.05, 4.69) is 39.3 Å². The van der Waals surface area contributed by atoms with Crippen LogP contribution in [-0.4, -0.2) is 46.5 Å². The molecule has 3 aromatic rings. The number of morpholine rings is 1. The van der Waals surface area contributed by atoms with Gasteiger partial charge < -0.3 is 9.64 Å². The van der Waals surface area contributed by atoms with Crippen LogP contribution in [0.5, 0.6) is 0 Å². The standard InChI is InChI=1S/C17H21N5OS3/c1-10(2)8-12-9-24-14-13(12)15(19-11(3)18-14)25-17-21-20-16(26-17)22-4-6-23-7-5-22/h9-10H,4-8H2,1-3H3. The zero-order valence-electron chi connectivity index (χ0n) is 15.1. The second kappa shape index (κ2) is 7.75. The molecule has 1 aliphatic heterocycles. The number of hydrogen-bond donors (Lipinski definition) is 0. The molecular weight excluding hydrogens is 386 g/mol. The van der Waals surface area contributed by atoms with E-state index in [0.29, 0.717) is 5.92 Å². The molecule has 0 radical (unpaired) electrons. The van der Waals surface area contributed by atoms with E-state index in [-0.39, 0.29) is 0 Å². The average Bonchev–Trinajstić information content (AvgIpc) is 3.22. The lowest BCUT2D eigenvalue weighted by atomic mass is 10.0. The molecule has 0 saturated carbocycles. The number of aromatic nitrogens is 4. The summed E-state index contributed by atoms with van der Waals surface area (Å²) in [6, 6.07) is 0. The summed E-state index contributed by atoms with van der Waals surface area (Å²) in [5, 5.41) is 14.1. The van der Waals surface area contributed by atoms with Crippen molar-refractivity contribution in [1.82, 2.24) is 20.2 Å². The Bertz CT molecular complexity index is 901. The van der Waals surface area contributed by atoms with Crippen molar-refractivity contribution < 1.29 is 4.74 Å². The number of nitrogens with zero attached hydrogens (tertiary/aromatic N) is 5. The third kappa shape index (κ3) is 3.85. The maximum Gasteiger partial charge on any atom is 0.209 e. The number of rotatable bonds is 5. The fourth-order valence-electron chi connectivity index (χ4n) is 2.94. The van der Waals surface area contributed by atoms with Crippen LogP contribution in [0.25, 0.3) is 10.2 Å². The van der Waals surface area contributed by atoms with Crippen LogP contribution in [0, 0.1) is 12.8 Å². The van der Waals surface area contributed by atoms with Crippen molar-refractivity contribution in [3.8, 4) is 0 Å². The van der Waals surface area contributed by atoms with Crippen molar-refractivity contribution in [2.24, 2.45) is 5.92 Å². The summed E-state index contributed by atoms with van der Waals surface area (Å²) in [5.74, 6) is 1.40. The summed E-state index contributed by atoms with van der Waals surface area (Å²) in [6.07, 6.45) is 1.04. The Morgan fingerprint density at radius 1 is 1.23 bits per heavy atom. The highest BCUT2D eigenvalue weighted by Gasteiger charge is 2.19. The smallest absolute Gasteiger partial charge is 0.209 e. The van der Waals surface area contributed by atoms with Crippen molar-refractivity contribution in [3.63, 3.8) is 0 Å². The van der Waals surface area contributed by atoms with Gasteiger partial charge >= 0.3 is 0 Å². The highest BCUT2D eigenvalue weighted by Crippen LogP contribution is 2.39. The topological polar surface area (TPSA) is 64.0 Å². The molecule has 0 unspecified atom stereocenters. The van der Waals surface area contributed by atoms with E-state index in [0.717, 1.165) is 57.9 Å². The molecule has 0 atom stereocenters. The van der Waals surface area contributed by atoms with Gasteiger partial charge in [-0.05, 0) is 42.0 Å². The summed E-state index contributed by atoms with van der Waals surface area (Å²) < 4.78 is 6.34. The van der Waals surface area contributed by atoms with Gasteiger partial charge in [-0.1, -0.05) is 25.2 Å². The summed E-state index contributed by atoms with van der Waals surface area (Å²) in [6.45, 7) is 9.68.